The molecule has 5 unspecified atom stereocenters. The molecular formula is C16H27N5O9S. The van der Waals surface area contributed by atoms with Crippen LogP contribution in [0.1, 0.15) is 26.2 Å². The van der Waals surface area contributed by atoms with Gasteiger partial charge in [0, 0.05) is 12.2 Å². The third-order valence-corrected chi connectivity index (χ3v) is 4.30. The van der Waals surface area contributed by atoms with Crippen LogP contribution in [0.25, 0.3) is 0 Å². The maximum atomic E-state index is 12.6. The van der Waals surface area contributed by atoms with Crippen LogP contribution < -0.4 is 27.4 Å². The molecule has 0 aliphatic rings. The summed E-state index contributed by atoms with van der Waals surface area (Å²) < 4.78 is 0. The average molecular weight is 465 g/mol. The summed E-state index contributed by atoms with van der Waals surface area (Å²) in [5, 5.41) is 33.6. The van der Waals surface area contributed by atoms with Crippen LogP contribution in [0, 0.1) is 0 Å². The van der Waals surface area contributed by atoms with Gasteiger partial charge < -0.3 is 42.7 Å². The third kappa shape index (κ3) is 10.6. The van der Waals surface area contributed by atoms with Gasteiger partial charge in [0.05, 0.1) is 12.5 Å². The van der Waals surface area contributed by atoms with E-state index in [4.69, 9.17) is 21.7 Å². The number of hydrogen-bond donors (Lipinski definition) is 9. The molecule has 0 aromatic heterocycles. The number of carboxylic acids is 2. The van der Waals surface area contributed by atoms with Crippen molar-refractivity contribution in [2.45, 2.75) is 56.5 Å². The van der Waals surface area contributed by atoms with Crippen molar-refractivity contribution in [1.82, 2.24) is 16.0 Å². The first-order chi connectivity index (χ1) is 14.3. The van der Waals surface area contributed by atoms with E-state index in [9.17, 15) is 33.9 Å². The molecule has 10 N–H and O–H groups in total. The SMILES string of the molecule is CC(O)C(N)C(=O)NC(CC(N)=O)C(=O)NC(CCC(=O)O)C(=O)NC(CS)C(=O)O. The van der Waals surface area contributed by atoms with E-state index in [1.165, 1.54) is 6.92 Å². The monoisotopic (exact) mass is 465 g/mol. The molecule has 31 heavy (non-hydrogen) atoms. The van der Waals surface area contributed by atoms with E-state index in [0.717, 1.165) is 0 Å². The lowest BCUT2D eigenvalue weighted by atomic mass is 10.1. The minimum atomic E-state index is -1.59. The van der Waals surface area contributed by atoms with Gasteiger partial charge in [0.25, 0.3) is 0 Å². The molecule has 0 saturated carbocycles. The first-order valence-electron chi connectivity index (χ1n) is 8.98. The highest BCUT2D eigenvalue weighted by atomic mass is 32.1. The molecule has 5 atom stereocenters. The van der Waals surface area contributed by atoms with Gasteiger partial charge in [0.2, 0.25) is 23.6 Å². The van der Waals surface area contributed by atoms with E-state index in [1.807, 2.05) is 0 Å². The number of nitrogens with one attached hydrogen (secondary N) is 3. The molecule has 0 aromatic rings. The molecule has 0 saturated heterocycles. The lowest BCUT2D eigenvalue weighted by Gasteiger charge is -2.24. The molecule has 4 amide bonds. The van der Waals surface area contributed by atoms with Crippen LogP contribution in [-0.2, 0) is 28.8 Å². The Morgan fingerprint density at radius 3 is 1.81 bits per heavy atom. The molecule has 0 fully saturated rings. The molecular weight excluding hydrogens is 438 g/mol. The van der Waals surface area contributed by atoms with Crippen molar-refractivity contribution in [1.29, 1.82) is 0 Å². The van der Waals surface area contributed by atoms with E-state index in [0.29, 0.717) is 0 Å². The lowest BCUT2D eigenvalue weighted by molar-refractivity contribution is -0.142. The van der Waals surface area contributed by atoms with Crippen LogP contribution in [-0.4, -0.2) is 86.9 Å². The smallest absolute Gasteiger partial charge is 0.327 e. The van der Waals surface area contributed by atoms with Crippen molar-refractivity contribution in [3.05, 3.63) is 0 Å². The zero-order valence-electron chi connectivity index (χ0n) is 16.6. The summed E-state index contributed by atoms with van der Waals surface area (Å²) in [7, 11) is 0. The number of aliphatic hydroxyl groups excluding tert-OH is 1. The number of nitrogens with two attached hydrogens (primary N) is 2. The van der Waals surface area contributed by atoms with E-state index in [-0.39, 0.29) is 5.75 Å². The Morgan fingerprint density at radius 1 is 0.903 bits per heavy atom. The predicted molar refractivity (Wildman–Crippen MR) is 108 cm³/mol. The van der Waals surface area contributed by atoms with E-state index in [2.05, 4.69) is 28.6 Å². The Bertz CT molecular complexity index is 703. The standard InChI is InChI=1S/C16H27N5O9S/c1-6(22)12(18)15(28)20-8(4-10(17)23)14(27)19-7(2-3-11(24)25)13(26)21-9(5-31)16(29)30/h6-9,12,22,31H,2-5,18H2,1H3,(H2,17,23)(H,19,27)(H,20,28)(H,21,26)(H,24,25)(H,29,30). The second-order valence-corrected chi connectivity index (χ2v) is 6.94. The highest BCUT2D eigenvalue weighted by Gasteiger charge is 2.31. The topological polar surface area (TPSA) is 251 Å². The quantitative estimate of drug-likeness (QED) is 0.112. The highest BCUT2D eigenvalue weighted by molar-refractivity contribution is 7.80. The molecule has 0 rings (SSSR count). The summed E-state index contributed by atoms with van der Waals surface area (Å²) in [5.41, 5.74) is 10.5. The van der Waals surface area contributed by atoms with Crippen molar-refractivity contribution in [2.75, 3.05) is 5.75 Å². The van der Waals surface area contributed by atoms with Gasteiger partial charge in [-0.15, -0.1) is 0 Å². The van der Waals surface area contributed by atoms with E-state index < -0.39 is 85.1 Å². The number of rotatable bonds is 14. The Balaban J connectivity index is 5.51. The second kappa shape index (κ2) is 13.4. The van der Waals surface area contributed by atoms with Gasteiger partial charge in [-0.05, 0) is 13.3 Å². The van der Waals surface area contributed by atoms with Crippen LogP contribution in [0.3, 0.4) is 0 Å². The maximum Gasteiger partial charge on any atom is 0.327 e. The second-order valence-electron chi connectivity index (χ2n) is 6.57. The Kier molecular flexibility index (Phi) is 12.1. The molecule has 176 valence electrons. The lowest BCUT2D eigenvalue weighted by Crippen LogP contribution is -2.58. The Hall–Kier alpha value is -2.91. The van der Waals surface area contributed by atoms with Gasteiger partial charge in [-0.25, -0.2) is 4.79 Å². The van der Waals surface area contributed by atoms with Crippen molar-refractivity contribution in [3.63, 3.8) is 0 Å². The van der Waals surface area contributed by atoms with Crippen LogP contribution >= 0.6 is 12.6 Å². The van der Waals surface area contributed by atoms with E-state index in [1.54, 1.807) is 0 Å². The number of primary amides is 1. The summed E-state index contributed by atoms with van der Waals surface area (Å²) >= 11 is 3.79. The highest BCUT2D eigenvalue weighted by Crippen LogP contribution is 2.03. The molecule has 0 spiro atoms. The average Bonchev–Trinajstić information content (AvgIpc) is 2.66. The first kappa shape index (κ1) is 28.1. The minimum absolute atomic E-state index is 0.280. The van der Waals surface area contributed by atoms with Crippen LogP contribution in [0.15, 0.2) is 0 Å². The molecule has 0 radical (unpaired) electrons. The molecule has 0 aliphatic carbocycles. The van der Waals surface area contributed by atoms with Gasteiger partial charge in [0.1, 0.15) is 24.2 Å². The number of carboxylic acid groups (broad SMARTS) is 2. The number of aliphatic hydroxyl groups is 1. The van der Waals surface area contributed by atoms with E-state index >= 15 is 0 Å². The zero-order valence-corrected chi connectivity index (χ0v) is 17.5. The molecule has 0 aliphatic heterocycles. The summed E-state index contributed by atoms with van der Waals surface area (Å²) in [6.07, 6.45) is -2.95. The van der Waals surface area contributed by atoms with Crippen molar-refractivity contribution in [3.8, 4) is 0 Å². The minimum Gasteiger partial charge on any atom is -0.481 e. The molecule has 15 heteroatoms. The summed E-state index contributed by atoms with van der Waals surface area (Å²) in [5.74, 6) is -7.03. The molecule has 0 aromatic carbocycles. The first-order valence-corrected chi connectivity index (χ1v) is 9.61. The van der Waals surface area contributed by atoms with Crippen molar-refractivity contribution >= 4 is 48.2 Å². The maximum absolute atomic E-state index is 12.6. The van der Waals surface area contributed by atoms with Gasteiger partial charge in [0.15, 0.2) is 0 Å². The summed E-state index contributed by atoms with van der Waals surface area (Å²) in [6.45, 7) is 1.22. The Labute approximate surface area is 182 Å². The van der Waals surface area contributed by atoms with Gasteiger partial charge in [-0.3, -0.25) is 24.0 Å². The predicted octanol–water partition coefficient (Wildman–Crippen LogP) is -4.10. The molecule has 0 heterocycles. The number of thiol groups is 1. The summed E-state index contributed by atoms with van der Waals surface area (Å²) in [4.78, 5) is 70.2. The fraction of sp³-hybridized carbons (Fsp3) is 0.625. The zero-order chi connectivity index (χ0) is 24.3. The molecule has 14 nitrogen and oxygen atoms in total. The number of carbonyl (C=O) groups is 6. The van der Waals surface area contributed by atoms with Gasteiger partial charge >= 0.3 is 11.9 Å². The third-order valence-electron chi connectivity index (χ3n) is 3.94. The van der Waals surface area contributed by atoms with Crippen LogP contribution in [0.2, 0.25) is 0 Å². The fourth-order valence-electron chi connectivity index (χ4n) is 2.16. The number of carbonyl (C=O) groups excluding carboxylic acids is 4. The number of amides is 4. The number of aliphatic carboxylic acids is 2. The van der Waals surface area contributed by atoms with Crippen LogP contribution in [0.4, 0.5) is 0 Å². The van der Waals surface area contributed by atoms with Gasteiger partial charge in [-0.2, -0.15) is 12.6 Å². The van der Waals surface area contributed by atoms with Crippen molar-refractivity contribution < 1.29 is 44.1 Å². The largest absolute Gasteiger partial charge is 0.481 e. The van der Waals surface area contributed by atoms with Gasteiger partial charge in [-0.1, -0.05) is 0 Å². The normalized spacial score (nSPS) is 15.5. The fourth-order valence-corrected chi connectivity index (χ4v) is 2.41. The Morgan fingerprint density at radius 2 is 1.39 bits per heavy atom. The number of hydrogen-bond acceptors (Lipinski definition) is 9. The van der Waals surface area contributed by atoms with Crippen molar-refractivity contribution in [2.24, 2.45) is 11.5 Å². The molecule has 0 bridgehead atoms. The van der Waals surface area contributed by atoms with Crippen LogP contribution in [0.5, 0.6) is 0 Å². The summed E-state index contributed by atoms with van der Waals surface area (Å²) in [6, 6.07) is -5.94.